The molecule has 45 valence electrons. The summed E-state index contributed by atoms with van der Waals surface area (Å²) in [4.78, 5) is 0. The van der Waals surface area contributed by atoms with Crippen molar-refractivity contribution in [1.82, 2.24) is 0 Å². The van der Waals surface area contributed by atoms with Crippen LogP contribution in [0.3, 0.4) is 0 Å². The third-order valence-electron chi connectivity index (χ3n) is 0.770. The molecule has 8 heavy (non-hydrogen) atoms. The molecule has 2 heteroatoms. The fourth-order valence-electron chi connectivity index (χ4n) is 0.770. The Morgan fingerprint density at radius 2 is 1.25 bits per heavy atom. The first-order valence-electron chi connectivity index (χ1n) is 2.98. The Labute approximate surface area is 68.9 Å². The zero-order valence-corrected chi connectivity index (χ0v) is 7.89. The molecule has 0 aliphatic rings. The molecule has 0 aliphatic heterocycles. The molecule has 1 radical (unpaired) electrons. The second-order valence-electron chi connectivity index (χ2n) is 2.68. The summed E-state index contributed by atoms with van der Waals surface area (Å²) in [5.41, 5.74) is 1.92. The molecule has 0 spiro atoms. The van der Waals surface area contributed by atoms with E-state index in [2.05, 4.69) is 27.7 Å². The van der Waals surface area contributed by atoms with Gasteiger partial charge in [-0.3, -0.25) is 0 Å². The predicted octanol–water partition coefficient (Wildman–Crippen LogP) is -0.804. The number of hydrogen-bond donors (Lipinski definition) is 0. The van der Waals surface area contributed by atoms with Crippen LogP contribution in [0.1, 0.15) is 29.1 Å². The number of hydrogen-bond acceptors (Lipinski definition) is 0. The van der Waals surface area contributed by atoms with E-state index in [0.29, 0.717) is 9.52 Å². The summed E-state index contributed by atoms with van der Waals surface area (Å²) in [6.45, 7) is 9.20. The van der Waals surface area contributed by atoms with Crippen LogP contribution in [0.5, 0.6) is 0 Å². The largest absolute Gasteiger partial charge is 1.00 e. The smallest absolute Gasteiger partial charge is 1.00 e. The van der Waals surface area contributed by atoms with Crippen molar-refractivity contribution >= 4 is 9.52 Å². The van der Waals surface area contributed by atoms with Gasteiger partial charge in [0.15, 0.2) is 0 Å². The maximum absolute atomic E-state index is 2.30. The van der Waals surface area contributed by atoms with Crippen molar-refractivity contribution in [2.75, 3.05) is 0 Å². The topological polar surface area (TPSA) is 0 Å². The SMILES string of the molecule is CC(C)[SiH]C(C)C.[H-].[Li+]. The average molecular weight is 123 g/mol. The summed E-state index contributed by atoms with van der Waals surface area (Å²) in [6, 6.07) is 0. The van der Waals surface area contributed by atoms with Crippen LogP contribution in [-0.4, -0.2) is 9.52 Å². The van der Waals surface area contributed by atoms with E-state index in [9.17, 15) is 0 Å². The molecular weight excluding hydrogens is 107 g/mol. The van der Waals surface area contributed by atoms with E-state index in [1.165, 1.54) is 0 Å². The Morgan fingerprint density at radius 1 is 1.00 bits per heavy atom. The predicted molar refractivity (Wildman–Crippen MR) is 38.5 cm³/mol. The average Bonchev–Trinajstić information content (AvgIpc) is 1.27. The summed E-state index contributed by atoms with van der Waals surface area (Å²) in [7, 11) is 0.713. The Balaban J connectivity index is -0.000000180. The van der Waals surface area contributed by atoms with Gasteiger partial charge in [-0.05, 0) is 0 Å². The maximum atomic E-state index is 2.30. The molecule has 0 heterocycles. The third kappa shape index (κ3) is 9.94. The third-order valence-corrected chi connectivity index (χ3v) is 2.31. The minimum Gasteiger partial charge on any atom is -1.00 e. The monoisotopic (exact) mass is 123 g/mol. The van der Waals surface area contributed by atoms with Crippen molar-refractivity contribution in [2.24, 2.45) is 0 Å². The van der Waals surface area contributed by atoms with Gasteiger partial charge >= 0.3 is 18.9 Å². The molecule has 0 amide bonds. The van der Waals surface area contributed by atoms with Gasteiger partial charge in [0.05, 0.1) is 0 Å². The van der Waals surface area contributed by atoms with Gasteiger partial charge in [-0.15, -0.1) is 0 Å². The van der Waals surface area contributed by atoms with Crippen molar-refractivity contribution in [3.63, 3.8) is 0 Å². The Hall–Kier alpha value is 0.814. The summed E-state index contributed by atoms with van der Waals surface area (Å²) in [6.07, 6.45) is 0. The zero-order valence-electron chi connectivity index (χ0n) is 7.73. The Kier molecular flexibility index (Phi) is 8.61. The van der Waals surface area contributed by atoms with Gasteiger partial charge in [0, 0.05) is 9.52 Å². The molecule has 0 rings (SSSR count). The van der Waals surface area contributed by atoms with Gasteiger partial charge in [0.1, 0.15) is 0 Å². The molecule has 0 unspecified atom stereocenters. The van der Waals surface area contributed by atoms with E-state index in [1.54, 1.807) is 0 Å². The van der Waals surface area contributed by atoms with E-state index in [4.69, 9.17) is 0 Å². The summed E-state index contributed by atoms with van der Waals surface area (Å²) >= 11 is 0. The van der Waals surface area contributed by atoms with E-state index in [1.807, 2.05) is 0 Å². The van der Waals surface area contributed by atoms with Crippen LogP contribution in [0.15, 0.2) is 0 Å². The van der Waals surface area contributed by atoms with Crippen molar-refractivity contribution in [1.29, 1.82) is 0 Å². The van der Waals surface area contributed by atoms with Gasteiger partial charge < -0.3 is 1.43 Å². The molecule has 0 atom stereocenters. The molecule has 0 N–H and O–H groups in total. The molecule has 0 nitrogen and oxygen atoms in total. The van der Waals surface area contributed by atoms with Crippen LogP contribution >= 0.6 is 0 Å². The number of rotatable bonds is 2. The van der Waals surface area contributed by atoms with E-state index in [-0.39, 0.29) is 20.3 Å². The summed E-state index contributed by atoms with van der Waals surface area (Å²) < 4.78 is 0. The molecule has 0 saturated heterocycles. The van der Waals surface area contributed by atoms with Crippen LogP contribution in [0.4, 0.5) is 0 Å². The fraction of sp³-hybridized carbons (Fsp3) is 1.00. The quantitative estimate of drug-likeness (QED) is 0.422. The van der Waals surface area contributed by atoms with E-state index >= 15 is 0 Å². The fourth-order valence-corrected chi connectivity index (χ4v) is 2.31. The van der Waals surface area contributed by atoms with Crippen molar-refractivity contribution in [3.05, 3.63) is 0 Å². The van der Waals surface area contributed by atoms with Crippen LogP contribution in [0.2, 0.25) is 11.1 Å². The van der Waals surface area contributed by atoms with Crippen molar-refractivity contribution in [3.8, 4) is 0 Å². The van der Waals surface area contributed by atoms with Crippen LogP contribution in [0.25, 0.3) is 0 Å². The Morgan fingerprint density at radius 3 is 1.25 bits per heavy atom. The normalized spacial score (nSPS) is 9.75. The first-order chi connectivity index (χ1) is 3.13. The van der Waals surface area contributed by atoms with Crippen molar-refractivity contribution < 1.29 is 20.3 Å². The van der Waals surface area contributed by atoms with Crippen molar-refractivity contribution in [2.45, 2.75) is 38.8 Å². The first-order valence-corrected chi connectivity index (χ1v) is 4.31. The minimum atomic E-state index is 0. The minimum absolute atomic E-state index is 0. The van der Waals surface area contributed by atoms with E-state index in [0.717, 1.165) is 11.1 Å². The van der Waals surface area contributed by atoms with Crippen LogP contribution < -0.4 is 18.9 Å². The molecule has 0 aliphatic carbocycles. The van der Waals surface area contributed by atoms with Crippen LogP contribution in [-0.2, 0) is 0 Å². The van der Waals surface area contributed by atoms with Crippen LogP contribution in [0, 0.1) is 0 Å². The second-order valence-corrected chi connectivity index (χ2v) is 5.73. The van der Waals surface area contributed by atoms with Gasteiger partial charge in [-0.2, -0.15) is 0 Å². The van der Waals surface area contributed by atoms with E-state index < -0.39 is 0 Å². The van der Waals surface area contributed by atoms with Gasteiger partial charge in [-0.1, -0.05) is 38.8 Å². The first kappa shape index (κ1) is 11.6. The molecular formula is C6H16LiSi. The molecule has 0 fully saturated rings. The molecule has 0 aromatic carbocycles. The van der Waals surface area contributed by atoms with Gasteiger partial charge in [-0.25, -0.2) is 0 Å². The molecule has 0 aromatic rings. The summed E-state index contributed by atoms with van der Waals surface area (Å²) in [5, 5.41) is 0. The summed E-state index contributed by atoms with van der Waals surface area (Å²) in [5.74, 6) is 0. The Bertz CT molecular complexity index is 42.3. The second kappa shape index (κ2) is 5.94. The standard InChI is InChI=1S/C6H15Si.Li.H/c1-5(2)7-6(3)4;;/h5-7H,1-4H3;;/q;+1;-1. The van der Waals surface area contributed by atoms with Gasteiger partial charge in [0.25, 0.3) is 0 Å². The maximum Gasteiger partial charge on any atom is 1.00 e. The molecule has 0 bridgehead atoms. The molecule has 0 saturated carbocycles. The van der Waals surface area contributed by atoms with Gasteiger partial charge in [0.2, 0.25) is 0 Å². The zero-order chi connectivity index (χ0) is 5.86. The molecule has 0 aromatic heterocycles.